The van der Waals surface area contributed by atoms with E-state index >= 15 is 0 Å². The van der Waals surface area contributed by atoms with Crippen LogP contribution in [-0.4, -0.2) is 32.7 Å². The zero-order valence-electron chi connectivity index (χ0n) is 10.5. The van der Waals surface area contributed by atoms with Gasteiger partial charge in [0.25, 0.3) is 0 Å². The molecular formula is C11H14N6O. The van der Waals surface area contributed by atoms with Crippen molar-refractivity contribution in [2.45, 2.75) is 26.3 Å². The Hall–Kier alpha value is -2.36. The summed E-state index contributed by atoms with van der Waals surface area (Å²) in [5.74, 6) is 1.26. The average Bonchev–Trinajstić information content (AvgIpc) is 2.70. The van der Waals surface area contributed by atoms with Crippen LogP contribution in [0.4, 0.5) is 5.82 Å². The summed E-state index contributed by atoms with van der Waals surface area (Å²) in [4.78, 5) is 17.7. The molecule has 0 aliphatic heterocycles. The van der Waals surface area contributed by atoms with Crippen LogP contribution >= 0.6 is 0 Å². The summed E-state index contributed by atoms with van der Waals surface area (Å²) in [6, 6.07) is 3.90. The molecule has 1 atom stereocenters. The second-order valence-corrected chi connectivity index (χ2v) is 4.21. The molecule has 0 fully saturated rings. The Morgan fingerprint density at radius 1 is 1.67 bits per heavy atom. The molecule has 7 heteroatoms. The predicted octanol–water partition coefficient (Wildman–Crippen LogP) is 0.464. The highest BCUT2D eigenvalue weighted by Crippen LogP contribution is 2.15. The fourth-order valence-electron chi connectivity index (χ4n) is 1.76. The Bertz CT molecular complexity index is 664. The molecule has 1 unspecified atom stereocenters. The normalized spacial score (nSPS) is 12.3. The molecule has 0 spiro atoms. The maximum atomic E-state index is 11.5. The van der Waals surface area contributed by atoms with Crippen molar-refractivity contribution >= 4 is 11.5 Å². The number of aromatic amines is 1. The summed E-state index contributed by atoms with van der Waals surface area (Å²) in [6.45, 7) is 3.69. The quantitative estimate of drug-likeness (QED) is 0.849. The number of nitriles is 1. The van der Waals surface area contributed by atoms with E-state index in [2.05, 4.69) is 21.3 Å². The average molecular weight is 246 g/mol. The molecule has 2 aromatic rings. The topological polar surface area (TPSA) is 90.1 Å². The predicted molar refractivity (Wildman–Crippen MR) is 66.4 cm³/mol. The molecule has 2 aromatic heterocycles. The summed E-state index contributed by atoms with van der Waals surface area (Å²) in [6.07, 6.45) is 0.412. The zero-order chi connectivity index (χ0) is 13.3. The summed E-state index contributed by atoms with van der Waals surface area (Å²) in [5.41, 5.74) is 0.229. The van der Waals surface area contributed by atoms with E-state index < -0.39 is 0 Å². The number of nitrogens with zero attached hydrogens (tertiary/aromatic N) is 5. The minimum Gasteiger partial charge on any atom is -0.356 e. The number of H-pyrrole nitrogens is 1. The Labute approximate surface area is 104 Å². The lowest BCUT2D eigenvalue weighted by atomic mass is 10.2. The molecule has 0 bridgehead atoms. The molecule has 2 heterocycles. The van der Waals surface area contributed by atoms with Gasteiger partial charge in [0.1, 0.15) is 11.6 Å². The molecule has 0 aliphatic carbocycles. The summed E-state index contributed by atoms with van der Waals surface area (Å²) >= 11 is 0. The summed E-state index contributed by atoms with van der Waals surface area (Å²) < 4.78 is 1.41. The molecule has 7 nitrogen and oxygen atoms in total. The fourth-order valence-corrected chi connectivity index (χ4v) is 1.76. The third-order valence-electron chi connectivity index (χ3n) is 2.97. The van der Waals surface area contributed by atoms with Gasteiger partial charge >= 0.3 is 5.69 Å². The molecule has 0 amide bonds. The van der Waals surface area contributed by atoms with Crippen LogP contribution < -0.4 is 10.6 Å². The Kier molecular flexibility index (Phi) is 3.02. The van der Waals surface area contributed by atoms with Gasteiger partial charge in [-0.05, 0) is 13.8 Å². The van der Waals surface area contributed by atoms with E-state index in [0.717, 1.165) is 0 Å². The summed E-state index contributed by atoms with van der Waals surface area (Å²) in [7, 11) is 1.87. The first kappa shape index (κ1) is 12.1. The van der Waals surface area contributed by atoms with Gasteiger partial charge in [-0.1, -0.05) is 0 Å². The third kappa shape index (κ3) is 1.93. The highest BCUT2D eigenvalue weighted by molar-refractivity contribution is 5.51. The van der Waals surface area contributed by atoms with Crippen LogP contribution in [0.25, 0.3) is 5.65 Å². The number of anilines is 1. The van der Waals surface area contributed by atoms with Crippen molar-refractivity contribution in [2.24, 2.45) is 0 Å². The number of rotatable bonds is 3. The second kappa shape index (κ2) is 4.49. The van der Waals surface area contributed by atoms with Crippen LogP contribution in [0.3, 0.4) is 0 Å². The van der Waals surface area contributed by atoms with E-state index in [9.17, 15) is 4.79 Å². The molecule has 1 N–H and O–H groups in total. The van der Waals surface area contributed by atoms with Crippen molar-refractivity contribution in [3.05, 3.63) is 22.4 Å². The van der Waals surface area contributed by atoms with Gasteiger partial charge in [0, 0.05) is 19.2 Å². The van der Waals surface area contributed by atoms with Gasteiger partial charge in [-0.2, -0.15) is 10.4 Å². The Balaban J connectivity index is 2.47. The van der Waals surface area contributed by atoms with E-state index in [1.165, 1.54) is 4.40 Å². The molecule has 0 saturated heterocycles. The monoisotopic (exact) mass is 246 g/mol. The Morgan fingerprint density at radius 3 is 3.06 bits per heavy atom. The molecular weight excluding hydrogens is 232 g/mol. The first-order chi connectivity index (χ1) is 8.54. The van der Waals surface area contributed by atoms with Gasteiger partial charge in [-0.15, -0.1) is 0 Å². The van der Waals surface area contributed by atoms with E-state index in [1.807, 2.05) is 18.9 Å². The standard InChI is InChI=1S/C11H14N6O/c1-7(4-5-12)16(3)9-6-10-14-15-11(18)17(10)8(2)13-9/h6-7H,4H2,1-3H3,(H,15,18). The zero-order valence-corrected chi connectivity index (χ0v) is 10.5. The molecule has 0 aliphatic rings. The molecule has 0 radical (unpaired) electrons. The van der Waals surface area contributed by atoms with Crippen LogP contribution in [0.15, 0.2) is 10.9 Å². The fraction of sp³-hybridized carbons (Fsp3) is 0.455. The lowest BCUT2D eigenvalue weighted by Crippen LogP contribution is -2.29. The van der Waals surface area contributed by atoms with Gasteiger partial charge in [-0.3, -0.25) is 0 Å². The van der Waals surface area contributed by atoms with Crippen molar-refractivity contribution < 1.29 is 0 Å². The minimum absolute atomic E-state index is 0.0509. The van der Waals surface area contributed by atoms with Crippen molar-refractivity contribution in [3.8, 4) is 6.07 Å². The largest absolute Gasteiger partial charge is 0.356 e. The van der Waals surface area contributed by atoms with Gasteiger partial charge < -0.3 is 4.90 Å². The highest BCUT2D eigenvalue weighted by Gasteiger charge is 2.14. The minimum atomic E-state index is -0.297. The number of fused-ring (bicyclic) bond motifs is 1. The third-order valence-corrected chi connectivity index (χ3v) is 2.97. The molecule has 0 aromatic carbocycles. The molecule has 0 saturated carbocycles. The van der Waals surface area contributed by atoms with Crippen LogP contribution in [0.1, 0.15) is 19.2 Å². The highest BCUT2D eigenvalue weighted by atomic mass is 16.1. The number of hydrogen-bond donors (Lipinski definition) is 1. The number of nitrogens with one attached hydrogen (secondary N) is 1. The van der Waals surface area contributed by atoms with Crippen LogP contribution in [0.5, 0.6) is 0 Å². The second-order valence-electron chi connectivity index (χ2n) is 4.21. The van der Waals surface area contributed by atoms with Crippen molar-refractivity contribution in [1.29, 1.82) is 5.26 Å². The van der Waals surface area contributed by atoms with E-state index in [-0.39, 0.29) is 11.7 Å². The lowest BCUT2D eigenvalue weighted by molar-refractivity contribution is 0.690. The van der Waals surface area contributed by atoms with E-state index in [0.29, 0.717) is 23.7 Å². The van der Waals surface area contributed by atoms with Crippen molar-refractivity contribution in [2.75, 3.05) is 11.9 Å². The van der Waals surface area contributed by atoms with Gasteiger partial charge in [0.15, 0.2) is 5.65 Å². The summed E-state index contributed by atoms with van der Waals surface area (Å²) in [5, 5.41) is 15.0. The SMILES string of the molecule is Cc1nc(N(C)C(C)CC#N)cc2n[nH]c(=O)n12. The van der Waals surface area contributed by atoms with Gasteiger partial charge in [-0.25, -0.2) is 19.3 Å². The van der Waals surface area contributed by atoms with Gasteiger partial charge in [0.2, 0.25) is 0 Å². The molecule has 2 rings (SSSR count). The van der Waals surface area contributed by atoms with E-state index in [4.69, 9.17) is 5.26 Å². The smallest absolute Gasteiger partial charge is 0.349 e. The number of aryl methyl sites for hydroxylation is 1. The van der Waals surface area contributed by atoms with Gasteiger partial charge in [0.05, 0.1) is 12.5 Å². The van der Waals surface area contributed by atoms with Crippen LogP contribution in [0.2, 0.25) is 0 Å². The van der Waals surface area contributed by atoms with Crippen molar-refractivity contribution in [1.82, 2.24) is 19.6 Å². The maximum Gasteiger partial charge on any atom is 0.349 e. The first-order valence-electron chi connectivity index (χ1n) is 5.59. The maximum absolute atomic E-state index is 11.5. The number of aromatic nitrogens is 4. The van der Waals surface area contributed by atoms with Crippen LogP contribution in [0, 0.1) is 18.3 Å². The molecule has 18 heavy (non-hydrogen) atoms. The van der Waals surface area contributed by atoms with Crippen molar-refractivity contribution in [3.63, 3.8) is 0 Å². The van der Waals surface area contributed by atoms with Crippen LogP contribution in [-0.2, 0) is 0 Å². The lowest BCUT2D eigenvalue weighted by Gasteiger charge is -2.24. The first-order valence-corrected chi connectivity index (χ1v) is 5.59. The van der Waals surface area contributed by atoms with E-state index in [1.54, 1.807) is 13.0 Å². The molecule has 94 valence electrons. The number of hydrogen-bond acceptors (Lipinski definition) is 5. The Morgan fingerprint density at radius 2 is 2.39 bits per heavy atom.